The third-order valence-electron chi connectivity index (χ3n) is 6.78. The van der Waals surface area contributed by atoms with Crippen LogP contribution in [0.1, 0.15) is 59.3 Å². The van der Waals surface area contributed by atoms with Crippen molar-refractivity contribution in [3.05, 3.63) is 48.9 Å². The second-order valence-electron chi connectivity index (χ2n) is 9.30. The van der Waals surface area contributed by atoms with E-state index in [4.69, 9.17) is 0 Å². The van der Waals surface area contributed by atoms with E-state index in [1.165, 1.54) is 68.6 Å². The van der Waals surface area contributed by atoms with Crippen LogP contribution in [0.3, 0.4) is 0 Å². The predicted octanol–water partition coefficient (Wildman–Crippen LogP) is 7.12. The van der Waals surface area contributed by atoms with Crippen molar-refractivity contribution < 1.29 is 0 Å². The minimum absolute atomic E-state index is 1.01. The van der Waals surface area contributed by atoms with Gasteiger partial charge >= 0.3 is 194 Å². The zero-order chi connectivity index (χ0) is 22.3. The van der Waals surface area contributed by atoms with Crippen LogP contribution in [0.25, 0.3) is 16.8 Å². The van der Waals surface area contributed by atoms with Gasteiger partial charge < -0.3 is 0 Å². The van der Waals surface area contributed by atoms with Gasteiger partial charge in [-0.15, -0.1) is 0 Å². The van der Waals surface area contributed by atoms with E-state index in [0.717, 1.165) is 5.65 Å². The van der Waals surface area contributed by atoms with Gasteiger partial charge in [0, 0.05) is 0 Å². The molecule has 0 aliphatic heterocycles. The number of imidazole rings is 1. The predicted molar refractivity (Wildman–Crippen MR) is 139 cm³/mol. The second-order valence-corrected chi connectivity index (χ2v) is 22.4. The summed E-state index contributed by atoms with van der Waals surface area (Å²) in [6.45, 7) is 7.08. The molecule has 3 aromatic rings. The Kier molecular flexibility index (Phi) is 8.88. The number of hydrogen-bond acceptors (Lipinski definition) is 2. The van der Waals surface area contributed by atoms with Crippen LogP contribution in [-0.2, 0) is 0 Å². The van der Waals surface area contributed by atoms with E-state index in [2.05, 4.69) is 85.7 Å². The quantitative estimate of drug-likeness (QED) is 0.234. The SMILES string of the molecule is CCC[CH2][Sn]([CH2]CCC)([CH2]CCC)[c]1cccc(-c2ccc3nccn3c2)c1N(C)C. The average Bonchev–Trinajstić information content (AvgIpc) is 3.26. The summed E-state index contributed by atoms with van der Waals surface area (Å²) < 4.78 is 8.39. The number of nitrogens with zero attached hydrogens (tertiary/aromatic N) is 3. The molecule has 0 radical (unpaired) electrons. The van der Waals surface area contributed by atoms with Gasteiger partial charge in [0.1, 0.15) is 0 Å². The molecule has 0 atom stereocenters. The van der Waals surface area contributed by atoms with Crippen LogP contribution in [-0.4, -0.2) is 41.9 Å². The van der Waals surface area contributed by atoms with Gasteiger partial charge in [-0.3, -0.25) is 0 Å². The Hall–Kier alpha value is -1.49. The van der Waals surface area contributed by atoms with Gasteiger partial charge in [0.2, 0.25) is 0 Å². The topological polar surface area (TPSA) is 20.5 Å². The number of rotatable bonds is 12. The second kappa shape index (κ2) is 11.4. The summed E-state index contributed by atoms with van der Waals surface area (Å²) in [5.41, 5.74) is 5.16. The summed E-state index contributed by atoms with van der Waals surface area (Å²) >= 11 is -2.56. The standard InChI is InChI=1S/C15H14N3.3C4H9.Sn/c1-17(2)14-6-4-3-5-13(14)12-7-8-15-16-9-10-18(15)11-12;3*1-3-4-2;/h3-5,7-11H,1-2H3;3*1,3-4H2,2H3;. The average molecular weight is 526 g/mol. The first-order valence-corrected chi connectivity index (χ1v) is 19.8. The molecule has 0 bridgehead atoms. The van der Waals surface area contributed by atoms with Crippen molar-refractivity contribution in [3.8, 4) is 11.1 Å². The van der Waals surface area contributed by atoms with Crippen molar-refractivity contribution >= 4 is 33.3 Å². The molecule has 0 spiro atoms. The Balaban J connectivity index is 2.18. The first kappa shape index (κ1) is 24.2. The third kappa shape index (κ3) is 5.47. The van der Waals surface area contributed by atoms with E-state index in [-0.39, 0.29) is 0 Å². The monoisotopic (exact) mass is 527 g/mol. The van der Waals surface area contributed by atoms with Crippen LogP contribution in [0.2, 0.25) is 13.3 Å². The molecule has 0 aliphatic carbocycles. The Bertz CT molecular complexity index is 938. The first-order valence-electron chi connectivity index (χ1n) is 12.3. The van der Waals surface area contributed by atoms with E-state index in [1.54, 1.807) is 3.58 Å². The molecule has 2 aromatic heterocycles. The van der Waals surface area contributed by atoms with E-state index in [0.29, 0.717) is 0 Å². The van der Waals surface area contributed by atoms with E-state index >= 15 is 0 Å². The van der Waals surface area contributed by atoms with E-state index in [1.807, 2.05) is 12.4 Å². The molecular weight excluding hydrogens is 485 g/mol. The molecule has 0 N–H and O–H groups in total. The van der Waals surface area contributed by atoms with Gasteiger partial charge in [0.25, 0.3) is 0 Å². The van der Waals surface area contributed by atoms with Crippen molar-refractivity contribution in [1.82, 2.24) is 9.38 Å². The number of hydrogen-bond donors (Lipinski definition) is 0. The molecule has 4 heteroatoms. The summed E-state index contributed by atoms with van der Waals surface area (Å²) in [4.78, 5) is 6.83. The van der Waals surface area contributed by atoms with Crippen LogP contribution < -0.4 is 8.48 Å². The molecule has 1 aromatic carbocycles. The molecule has 0 saturated heterocycles. The fourth-order valence-electron chi connectivity index (χ4n) is 5.09. The normalized spacial score (nSPS) is 11.9. The molecule has 31 heavy (non-hydrogen) atoms. The summed E-state index contributed by atoms with van der Waals surface area (Å²) in [6.07, 6.45) is 14.3. The van der Waals surface area contributed by atoms with Crippen LogP contribution in [0.15, 0.2) is 48.9 Å². The summed E-state index contributed by atoms with van der Waals surface area (Å²) in [7, 11) is 4.49. The third-order valence-corrected chi connectivity index (χ3v) is 22.4. The van der Waals surface area contributed by atoms with Gasteiger partial charge in [-0.05, 0) is 0 Å². The molecule has 0 fully saturated rings. The molecule has 168 valence electrons. The van der Waals surface area contributed by atoms with Crippen LogP contribution in [0, 0.1) is 0 Å². The van der Waals surface area contributed by atoms with Gasteiger partial charge in [-0.25, -0.2) is 0 Å². The molecule has 2 heterocycles. The number of benzene rings is 1. The molecular formula is C27H41N3Sn. The fraction of sp³-hybridized carbons (Fsp3) is 0.519. The fourth-order valence-corrected chi connectivity index (χ4v) is 22.1. The zero-order valence-corrected chi connectivity index (χ0v) is 23.2. The van der Waals surface area contributed by atoms with Crippen LogP contribution in [0.5, 0.6) is 0 Å². The van der Waals surface area contributed by atoms with Gasteiger partial charge in [-0.2, -0.15) is 0 Å². The molecule has 0 amide bonds. The number of para-hydroxylation sites is 1. The zero-order valence-electron chi connectivity index (χ0n) is 20.3. The molecule has 0 saturated carbocycles. The summed E-state index contributed by atoms with van der Waals surface area (Å²) in [6, 6.07) is 11.6. The maximum atomic E-state index is 4.43. The number of pyridine rings is 1. The van der Waals surface area contributed by atoms with Crippen molar-refractivity contribution in [1.29, 1.82) is 0 Å². The summed E-state index contributed by atoms with van der Waals surface area (Å²) in [5, 5.41) is 0. The number of unbranched alkanes of at least 4 members (excludes halogenated alkanes) is 3. The van der Waals surface area contributed by atoms with Crippen LogP contribution in [0.4, 0.5) is 5.69 Å². The Morgan fingerprint density at radius 1 is 0.871 bits per heavy atom. The van der Waals surface area contributed by atoms with Gasteiger partial charge in [0.05, 0.1) is 0 Å². The minimum atomic E-state index is -2.56. The van der Waals surface area contributed by atoms with Crippen LogP contribution >= 0.6 is 0 Å². The van der Waals surface area contributed by atoms with E-state index in [9.17, 15) is 0 Å². The Labute approximate surface area is 193 Å². The molecule has 3 rings (SSSR count). The van der Waals surface area contributed by atoms with Crippen molar-refractivity contribution in [2.24, 2.45) is 0 Å². The van der Waals surface area contributed by atoms with Crippen molar-refractivity contribution in [2.45, 2.75) is 72.6 Å². The summed E-state index contributed by atoms with van der Waals surface area (Å²) in [5.74, 6) is 0. The van der Waals surface area contributed by atoms with Gasteiger partial charge in [0.15, 0.2) is 0 Å². The molecule has 0 unspecified atom stereocenters. The Morgan fingerprint density at radius 2 is 1.52 bits per heavy atom. The number of anilines is 1. The van der Waals surface area contributed by atoms with E-state index < -0.39 is 18.4 Å². The van der Waals surface area contributed by atoms with Gasteiger partial charge in [-0.1, -0.05) is 0 Å². The molecule has 0 aliphatic rings. The van der Waals surface area contributed by atoms with Crippen molar-refractivity contribution in [2.75, 3.05) is 19.0 Å². The maximum absolute atomic E-state index is 4.43. The number of aromatic nitrogens is 2. The first-order chi connectivity index (χ1) is 15.1. The van der Waals surface area contributed by atoms with Crippen molar-refractivity contribution in [3.63, 3.8) is 0 Å². The molecule has 3 nitrogen and oxygen atoms in total. The Morgan fingerprint density at radius 3 is 2.10 bits per heavy atom. The number of fused-ring (bicyclic) bond motifs is 1.